The predicted octanol–water partition coefficient (Wildman–Crippen LogP) is 2.42. The van der Waals surface area contributed by atoms with Gasteiger partial charge in [-0.05, 0) is 31.9 Å². The molecule has 19 heavy (non-hydrogen) atoms. The standard InChI is InChI=1S/C16H24N2O/c1-3-16(10-11-17-13-16)15(19)18(4-2)12-14-8-6-5-7-9-14/h5-9,17H,3-4,10-13H2,1-2H3. The fourth-order valence-electron chi connectivity index (χ4n) is 2.85. The number of nitrogens with zero attached hydrogens (tertiary/aromatic N) is 1. The van der Waals surface area contributed by atoms with Gasteiger partial charge in [0, 0.05) is 19.6 Å². The zero-order valence-corrected chi connectivity index (χ0v) is 12.0. The first-order valence-electron chi connectivity index (χ1n) is 7.26. The van der Waals surface area contributed by atoms with Gasteiger partial charge in [-0.3, -0.25) is 4.79 Å². The third-order valence-electron chi connectivity index (χ3n) is 4.26. The average Bonchev–Trinajstić information content (AvgIpc) is 2.95. The van der Waals surface area contributed by atoms with Gasteiger partial charge < -0.3 is 10.2 Å². The second kappa shape index (κ2) is 6.20. The van der Waals surface area contributed by atoms with Gasteiger partial charge in [0.25, 0.3) is 0 Å². The molecule has 104 valence electrons. The number of rotatable bonds is 5. The maximum Gasteiger partial charge on any atom is 0.230 e. The van der Waals surface area contributed by atoms with E-state index in [9.17, 15) is 4.79 Å². The summed E-state index contributed by atoms with van der Waals surface area (Å²) in [6, 6.07) is 10.2. The second-order valence-electron chi connectivity index (χ2n) is 5.37. The van der Waals surface area contributed by atoms with Gasteiger partial charge in [0.05, 0.1) is 5.41 Å². The highest BCUT2D eigenvalue weighted by atomic mass is 16.2. The third kappa shape index (κ3) is 2.98. The minimum atomic E-state index is -0.176. The zero-order chi connectivity index (χ0) is 13.7. The van der Waals surface area contributed by atoms with E-state index < -0.39 is 0 Å². The van der Waals surface area contributed by atoms with Crippen LogP contribution in [0.15, 0.2) is 30.3 Å². The molecule has 2 rings (SSSR count). The van der Waals surface area contributed by atoms with Crippen LogP contribution in [0.3, 0.4) is 0 Å². The van der Waals surface area contributed by atoms with Crippen LogP contribution in [0.1, 0.15) is 32.3 Å². The van der Waals surface area contributed by atoms with Crippen molar-refractivity contribution in [3.05, 3.63) is 35.9 Å². The Morgan fingerprint density at radius 2 is 2.05 bits per heavy atom. The van der Waals surface area contributed by atoms with Crippen LogP contribution in [0.25, 0.3) is 0 Å². The molecule has 0 radical (unpaired) electrons. The number of carbonyl (C=O) groups excluding carboxylic acids is 1. The summed E-state index contributed by atoms with van der Waals surface area (Å²) >= 11 is 0. The molecule has 1 atom stereocenters. The van der Waals surface area contributed by atoms with E-state index in [4.69, 9.17) is 0 Å². The summed E-state index contributed by atoms with van der Waals surface area (Å²) in [6.45, 7) is 7.47. The Labute approximate surface area is 116 Å². The molecular weight excluding hydrogens is 236 g/mol. The Morgan fingerprint density at radius 3 is 2.58 bits per heavy atom. The molecule has 0 spiro atoms. The summed E-state index contributed by atoms with van der Waals surface area (Å²) < 4.78 is 0. The summed E-state index contributed by atoms with van der Waals surface area (Å²) in [5.74, 6) is 0.311. The summed E-state index contributed by atoms with van der Waals surface area (Å²) in [7, 11) is 0. The Bertz CT molecular complexity index is 410. The molecule has 1 heterocycles. The lowest BCUT2D eigenvalue weighted by atomic mass is 9.82. The lowest BCUT2D eigenvalue weighted by Crippen LogP contribution is -2.44. The topological polar surface area (TPSA) is 32.3 Å². The van der Waals surface area contributed by atoms with Gasteiger partial charge in [-0.1, -0.05) is 37.3 Å². The van der Waals surface area contributed by atoms with E-state index in [1.54, 1.807) is 0 Å². The number of benzene rings is 1. The van der Waals surface area contributed by atoms with Crippen LogP contribution >= 0.6 is 0 Å². The quantitative estimate of drug-likeness (QED) is 0.882. The number of hydrogen-bond acceptors (Lipinski definition) is 2. The molecule has 1 saturated heterocycles. The molecule has 3 heteroatoms. The molecule has 1 unspecified atom stereocenters. The first kappa shape index (κ1) is 14.1. The number of amides is 1. The molecule has 1 aliphatic rings. The minimum absolute atomic E-state index is 0.176. The molecule has 1 aromatic carbocycles. The highest BCUT2D eigenvalue weighted by molar-refractivity contribution is 5.83. The molecule has 1 fully saturated rings. The fraction of sp³-hybridized carbons (Fsp3) is 0.562. The van der Waals surface area contributed by atoms with E-state index >= 15 is 0 Å². The number of hydrogen-bond donors (Lipinski definition) is 1. The third-order valence-corrected chi connectivity index (χ3v) is 4.26. The van der Waals surface area contributed by atoms with Crippen LogP contribution in [0.2, 0.25) is 0 Å². The van der Waals surface area contributed by atoms with Crippen LogP contribution in [-0.2, 0) is 11.3 Å². The molecular formula is C16H24N2O. The van der Waals surface area contributed by atoms with Crippen molar-refractivity contribution in [2.75, 3.05) is 19.6 Å². The van der Waals surface area contributed by atoms with Crippen molar-refractivity contribution in [1.29, 1.82) is 0 Å². The van der Waals surface area contributed by atoms with Crippen molar-refractivity contribution in [3.8, 4) is 0 Å². The molecule has 0 aromatic heterocycles. The van der Waals surface area contributed by atoms with Gasteiger partial charge in [-0.2, -0.15) is 0 Å². The molecule has 0 saturated carbocycles. The van der Waals surface area contributed by atoms with E-state index in [1.165, 1.54) is 5.56 Å². The smallest absolute Gasteiger partial charge is 0.230 e. The molecule has 3 nitrogen and oxygen atoms in total. The molecule has 1 aromatic rings. The first-order chi connectivity index (χ1) is 9.22. The molecule has 0 bridgehead atoms. The average molecular weight is 260 g/mol. The Hall–Kier alpha value is -1.35. The van der Waals surface area contributed by atoms with E-state index in [2.05, 4.69) is 31.3 Å². The molecule has 1 aliphatic heterocycles. The Kier molecular flexibility index (Phi) is 4.59. The van der Waals surface area contributed by atoms with Gasteiger partial charge in [0.1, 0.15) is 0 Å². The van der Waals surface area contributed by atoms with Crippen molar-refractivity contribution in [2.45, 2.75) is 33.2 Å². The van der Waals surface area contributed by atoms with E-state index in [-0.39, 0.29) is 5.41 Å². The lowest BCUT2D eigenvalue weighted by Gasteiger charge is -2.32. The van der Waals surface area contributed by atoms with E-state index in [0.717, 1.165) is 39.0 Å². The van der Waals surface area contributed by atoms with Crippen molar-refractivity contribution < 1.29 is 4.79 Å². The van der Waals surface area contributed by atoms with Crippen molar-refractivity contribution in [3.63, 3.8) is 0 Å². The SMILES string of the molecule is CCN(Cc1ccccc1)C(=O)C1(CC)CCNC1. The van der Waals surface area contributed by atoms with Gasteiger partial charge in [-0.25, -0.2) is 0 Å². The Morgan fingerprint density at radius 1 is 1.32 bits per heavy atom. The second-order valence-corrected chi connectivity index (χ2v) is 5.37. The van der Waals surface area contributed by atoms with Gasteiger partial charge in [-0.15, -0.1) is 0 Å². The van der Waals surface area contributed by atoms with E-state index in [0.29, 0.717) is 5.91 Å². The summed E-state index contributed by atoms with van der Waals surface area (Å²) in [6.07, 6.45) is 1.89. The minimum Gasteiger partial charge on any atom is -0.338 e. The van der Waals surface area contributed by atoms with Crippen molar-refractivity contribution in [1.82, 2.24) is 10.2 Å². The van der Waals surface area contributed by atoms with Gasteiger partial charge in [0.15, 0.2) is 0 Å². The fourth-order valence-corrected chi connectivity index (χ4v) is 2.85. The molecule has 1 amide bonds. The number of nitrogens with one attached hydrogen (secondary N) is 1. The molecule has 0 aliphatic carbocycles. The first-order valence-corrected chi connectivity index (χ1v) is 7.26. The molecule has 1 N–H and O–H groups in total. The normalized spacial score (nSPS) is 22.4. The van der Waals surface area contributed by atoms with Crippen molar-refractivity contribution >= 4 is 5.91 Å². The van der Waals surface area contributed by atoms with Gasteiger partial charge >= 0.3 is 0 Å². The van der Waals surface area contributed by atoms with E-state index in [1.807, 2.05) is 23.1 Å². The zero-order valence-electron chi connectivity index (χ0n) is 12.0. The Balaban J connectivity index is 2.11. The maximum atomic E-state index is 12.8. The van der Waals surface area contributed by atoms with Gasteiger partial charge in [0.2, 0.25) is 5.91 Å². The largest absolute Gasteiger partial charge is 0.338 e. The summed E-state index contributed by atoms with van der Waals surface area (Å²) in [5, 5.41) is 3.34. The predicted molar refractivity (Wildman–Crippen MR) is 77.7 cm³/mol. The van der Waals surface area contributed by atoms with Crippen LogP contribution in [-0.4, -0.2) is 30.4 Å². The monoisotopic (exact) mass is 260 g/mol. The van der Waals surface area contributed by atoms with Crippen LogP contribution in [0, 0.1) is 5.41 Å². The van der Waals surface area contributed by atoms with Crippen LogP contribution < -0.4 is 5.32 Å². The maximum absolute atomic E-state index is 12.8. The lowest BCUT2D eigenvalue weighted by molar-refractivity contribution is -0.141. The van der Waals surface area contributed by atoms with Crippen molar-refractivity contribution in [2.24, 2.45) is 5.41 Å². The van der Waals surface area contributed by atoms with Crippen LogP contribution in [0.5, 0.6) is 0 Å². The number of carbonyl (C=O) groups is 1. The highest BCUT2D eigenvalue weighted by Crippen LogP contribution is 2.32. The van der Waals surface area contributed by atoms with Crippen LogP contribution in [0.4, 0.5) is 0 Å². The summed E-state index contributed by atoms with van der Waals surface area (Å²) in [4.78, 5) is 14.8. The highest BCUT2D eigenvalue weighted by Gasteiger charge is 2.41. The summed E-state index contributed by atoms with van der Waals surface area (Å²) in [5.41, 5.74) is 1.03.